The highest BCUT2D eigenvalue weighted by molar-refractivity contribution is 6.33. The van der Waals surface area contributed by atoms with E-state index in [0.717, 1.165) is 6.42 Å². The molecule has 178 valence electrons. The van der Waals surface area contributed by atoms with Crippen molar-refractivity contribution in [1.29, 1.82) is 0 Å². The van der Waals surface area contributed by atoms with Crippen LogP contribution in [0.25, 0.3) is 16.9 Å². The Balaban J connectivity index is 1.92. The number of nitrogens with one attached hydrogen (secondary N) is 1. The number of rotatable bonds is 8. The molecule has 1 aliphatic rings. The third kappa shape index (κ3) is 4.75. The normalized spacial score (nSPS) is 15.0. The highest BCUT2D eigenvalue weighted by Crippen LogP contribution is 2.38. The molecule has 1 aliphatic heterocycles. The first kappa shape index (κ1) is 23.7. The highest BCUT2D eigenvalue weighted by Gasteiger charge is 2.23. The summed E-state index contributed by atoms with van der Waals surface area (Å²) in [6.07, 6.45) is 4.22. The molecule has 0 saturated carbocycles. The van der Waals surface area contributed by atoms with Crippen LogP contribution in [-0.4, -0.2) is 28.7 Å². The number of hydrogen-bond acceptors (Lipinski definition) is 5. The topological polar surface area (TPSA) is 57.0 Å². The number of fused-ring (bicyclic) bond motifs is 1. The van der Waals surface area contributed by atoms with E-state index in [1.54, 1.807) is 28.7 Å². The molecule has 0 amide bonds. The van der Waals surface area contributed by atoms with Gasteiger partial charge >= 0.3 is 0 Å². The number of benzene rings is 1. The van der Waals surface area contributed by atoms with Gasteiger partial charge in [-0.2, -0.15) is 0 Å². The fourth-order valence-electron chi connectivity index (χ4n) is 3.55. The summed E-state index contributed by atoms with van der Waals surface area (Å²) in [6, 6.07) is 10.1. The third-order valence-electron chi connectivity index (χ3n) is 5.48. The first-order valence-corrected chi connectivity index (χ1v) is 11.5. The van der Waals surface area contributed by atoms with Crippen LogP contribution in [0.2, 0.25) is 5.02 Å². The van der Waals surface area contributed by atoms with Gasteiger partial charge in [-0.05, 0) is 50.6 Å². The van der Waals surface area contributed by atoms with Crippen molar-refractivity contribution in [2.75, 3.05) is 18.5 Å². The maximum atomic E-state index is 15.0. The maximum Gasteiger partial charge on any atom is 0.201 e. The first-order valence-electron chi connectivity index (χ1n) is 11.1. The highest BCUT2D eigenvalue weighted by atomic mass is 35.5. The lowest BCUT2D eigenvalue weighted by Crippen LogP contribution is -2.14. The van der Waals surface area contributed by atoms with Crippen LogP contribution in [0, 0.1) is 5.82 Å². The van der Waals surface area contributed by atoms with E-state index in [9.17, 15) is 4.39 Å². The lowest BCUT2D eigenvalue weighted by Gasteiger charge is -2.19. The average molecular weight is 484 g/mol. The van der Waals surface area contributed by atoms with Crippen LogP contribution in [0.3, 0.4) is 0 Å². The third-order valence-corrected chi connectivity index (χ3v) is 5.79. The molecule has 4 rings (SSSR count). The van der Waals surface area contributed by atoms with E-state index in [1.165, 1.54) is 6.07 Å². The quantitative estimate of drug-likeness (QED) is 0.360. The Morgan fingerprint density at radius 1 is 1.29 bits per heavy atom. The van der Waals surface area contributed by atoms with Gasteiger partial charge < -0.3 is 19.5 Å². The molecule has 2 aromatic heterocycles. The number of imidazole rings is 1. The molecule has 34 heavy (non-hydrogen) atoms. The van der Waals surface area contributed by atoms with Crippen molar-refractivity contribution < 1.29 is 18.6 Å². The van der Waals surface area contributed by atoms with Crippen LogP contribution in [0.4, 0.5) is 10.2 Å². The summed E-state index contributed by atoms with van der Waals surface area (Å²) in [4.78, 5) is 4.71. The van der Waals surface area contributed by atoms with Crippen molar-refractivity contribution in [3.05, 3.63) is 83.2 Å². The molecule has 1 unspecified atom stereocenters. The standard InChI is InChI=1S/C26H27ClFN3O3/c1-5-16(3)34-23-12-8-11-22-30-25(24-19(27)9-7-10-20(24)28)26(31(22)23)29-18(6-2)15-21-17(4)32-13-14-33-21/h6-12,15-16,29H,2,5,13-14H2,1,3-4H3/b18-15+. The summed E-state index contributed by atoms with van der Waals surface area (Å²) in [7, 11) is 0. The Hall–Kier alpha value is -3.45. The second kappa shape index (κ2) is 10.2. The Labute approximate surface area is 203 Å². The number of nitrogens with zero attached hydrogens (tertiary/aromatic N) is 2. The molecule has 0 saturated heterocycles. The molecule has 1 atom stereocenters. The van der Waals surface area contributed by atoms with Gasteiger partial charge in [0.1, 0.15) is 41.9 Å². The minimum atomic E-state index is -0.477. The minimum absolute atomic E-state index is 0.0311. The summed E-state index contributed by atoms with van der Waals surface area (Å²) in [6.45, 7) is 10.7. The monoisotopic (exact) mass is 483 g/mol. The molecule has 0 spiro atoms. The van der Waals surface area contributed by atoms with E-state index in [4.69, 9.17) is 30.8 Å². The molecule has 0 fully saturated rings. The molecule has 1 N–H and O–H groups in total. The number of hydrogen-bond donors (Lipinski definition) is 1. The Kier molecular flexibility index (Phi) is 7.12. The zero-order valence-corrected chi connectivity index (χ0v) is 20.2. The van der Waals surface area contributed by atoms with Gasteiger partial charge in [0, 0.05) is 11.8 Å². The van der Waals surface area contributed by atoms with Crippen LogP contribution < -0.4 is 10.1 Å². The molecule has 0 bridgehead atoms. The van der Waals surface area contributed by atoms with Gasteiger partial charge in [-0.25, -0.2) is 13.8 Å². The van der Waals surface area contributed by atoms with Crippen molar-refractivity contribution in [1.82, 2.24) is 9.38 Å². The second-order valence-corrected chi connectivity index (χ2v) is 8.25. The molecule has 3 aromatic rings. The predicted molar refractivity (Wildman–Crippen MR) is 132 cm³/mol. The largest absolute Gasteiger partial charge is 0.491 e. The first-order chi connectivity index (χ1) is 16.4. The number of anilines is 1. The van der Waals surface area contributed by atoms with Gasteiger partial charge in [-0.15, -0.1) is 0 Å². The molecular formula is C26H27ClFN3O3. The van der Waals surface area contributed by atoms with E-state index >= 15 is 0 Å². The molecule has 1 aromatic carbocycles. The van der Waals surface area contributed by atoms with Crippen LogP contribution in [0.15, 0.2) is 72.3 Å². The summed E-state index contributed by atoms with van der Waals surface area (Å²) < 4.78 is 34.3. The van der Waals surface area contributed by atoms with E-state index in [1.807, 2.05) is 39.0 Å². The Bertz CT molecular complexity index is 1260. The summed E-state index contributed by atoms with van der Waals surface area (Å²) in [5.74, 6) is 1.83. The van der Waals surface area contributed by atoms with E-state index < -0.39 is 5.82 Å². The van der Waals surface area contributed by atoms with Crippen molar-refractivity contribution in [3.63, 3.8) is 0 Å². The van der Waals surface area contributed by atoms with Gasteiger partial charge in [-0.3, -0.25) is 0 Å². The van der Waals surface area contributed by atoms with Crippen molar-refractivity contribution >= 4 is 23.1 Å². The smallest absolute Gasteiger partial charge is 0.201 e. The van der Waals surface area contributed by atoms with Gasteiger partial charge in [0.25, 0.3) is 0 Å². The summed E-state index contributed by atoms with van der Waals surface area (Å²) >= 11 is 6.43. The number of allylic oxidation sites excluding steroid dienone is 3. The van der Waals surface area contributed by atoms with E-state index in [-0.39, 0.29) is 16.7 Å². The lowest BCUT2D eigenvalue weighted by molar-refractivity contribution is 0.0707. The van der Waals surface area contributed by atoms with Crippen LogP contribution in [-0.2, 0) is 9.47 Å². The Morgan fingerprint density at radius 2 is 2.06 bits per heavy atom. The van der Waals surface area contributed by atoms with Gasteiger partial charge in [0.2, 0.25) is 5.88 Å². The van der Waals surface area contributed by atoms with E-state index in [2.05, 4.69) is 11.9 Å². The number of ether oxygens (including phenoxy) is 3. The number of pyridine rings is 1. The van der Waals surface area contributed by atoms with Crippen molar-refractivity contribution in [2.45, 2.75) is 33.3 Å². The van der Waals surface area contributed by atoms with Gasteiger partial charge in [-0.1, -0.05) is 37.2 Å². The Morgan fingerprint density at radius 3 is 2.76 bits per heavy atom. The molecular weight excluding hydrogens is 457 g/mol. The van der Waals surface area contributed by atoms with Crippen molar-refractivity contribution in [3.8, 4) is 17.1 Å². The van der Waals surface area contributed by atoms with Gasteiger partial charge in [0.05, 0.1) is 16.7 Å². The van der Waals surface area contributed by atoms with Crippen LogP contribution >= 0.6 is 11.6 Å². The SMILES string of the molecule is C=C/C(=C\C1=C(C)OCCO1)Nc1c(-c2c(F)cccc2Cl)nc2cccc(OC(C)CC)n12. The minimum Gasteiger partial charge on any atom is -0.491 e. The molecule has 0 aliphatic carbocycles. The van der Waals surface area contributed by atoms with Crippen molar-refractivity contribution in [2.24, 2.45) is 0 Å². The number of halogens is 2. The fourth-order valence-corrected chi connectivity index (χ4v) is 3.80. The summed E-state index contributed by atoms with van der Waals surface area (Å²) in [5.41, 5.74) is 1.73. The maximum absolute atomic E-state index is 15.0. The second-order valence-electron chi connectivity index (χ2n) is 7.85. The zero-order chi connectivity index (χ0) is 24.2. The molecule has 0 radical (unpaired) electrons. The number of aromatic nitrogens is 2. The molecule has 8 heteroatoms. The van der Waals surface area contributed by atoms with Gasteiger partial charge in [0.15, 0.2) is 5.76 Å². The van der Waals surface area contributed by atoms with E-state index in [0.29, 0.717) is 53.5 Å². The lowest BCUT2D eigenvalue weighted by atomic mass is 10.1. The summed E-state index contributed by atoms with van der Waals surface area (Å²) in [5, 5.41) is 3.59. The zero-order valence-electron chi connectivity index (χ0n) is 19.4. The van der Waals surface area contributed by atoms with Crippen LogP contribution in [0.1, 0.15) is 27.2 Å². The predicted octanol–water partition coefficient (Wildman–Crippen LogP) is 6.73. The molecule has 6 nitrogen and oxygen atoms in total. The fraction of sp³-hybridized carbons (Fsp3) is 0.269. The average Bonchev–Trinajstić information content (AvgIpc) is 3.18. The van der Waals surface area contributed by atoms with Crippen LogP contribution in [0.5, 0.6) is 5.88 Å². The molecule has 3 heterocycles.